The van der Waals surface area contributed by atoms with E-state index in [2.05, 4.69) is 20.9 Å². The lowest BCUT2D eigenvalue weighted by atomic mass is 10.0. The molecule has 0 radical (unpaired) electrons. The average molecular weight is 544 g/mol. The van der Waals surface area contributed by atoms with Crippen LogP contribution >= 0.6 is 0 Å². The van der Waals surface area contributed by atoms with Gasteiger partial charge in [0.15, 0.2) is 5.96 Å². The van der Waals surface area contributed by atoms with Gasteiger partial charge in [0.05, 0.1) is 6.04 Å². The first-order chi connectivity index (χ1) is 17.8. The Morgan fingerprint density at radius 2 is 1.37 bits per heavy atom. The summed E-state index contributed by atoms with van der Waals surface area (Å²) in [5, 5.41) is 17.1. The fourth-order valence-electron chi connectivity index (χ4n) is 3.48. The summed E-state index contributed by atoms with van der Waals surface area (Å²) in [7, 11) is 0. The second-order valence-electron chi connectivity index (χ2n) is 9.50. The van der Waals surface area contributed by atoms with E-state index in [-0.39, 0.29) is 44.1 Å². The molecule has 0 spiro atoms. The Morgan fingerprint density at radius 3 is 1.89 bits per heavy atom. The standard InChI is InChI=1S/C23H45N9O6/c1-13(2)12-17(21(36)31-16(22(37)38)7-5-11-29-23(27)28)32-20(35)15(8-9-18(26)33)30-19(34)14(25)6-3-4-10-24/h13-17H,3-12,24-25H2,1-2H3,(H2,26,33)(H,30,34)(H,31,36)(H,32,35)(H,37,38)(H4,27,28,29). The van der Waals surface area contributed by atoms with E-state index in [0.717, 1.165) is 0 Å². The number of carbonyl (C=O) groups excluding carboxylic acids is 4. The number of amides is 4. The fourth-order valence-corrected chi connectivity index (χ4v) is 3.48. The molecule has 0 aliphatic carbocycles. The van der Waals surface area contributed by atoms with Crippen molar-refractivity contribution in [2.75, 3.05) is 13.1 Å². The first kappa shape index (κ1) is 34.5. The zero-order valence-electron chi connectivity index (χ0n) is 22.3. The normalized spacial score (nSPS) is 14.0. The van der Waals surface area contributed by atoms with Gasteiger partial charge in [-0.05, 0) is 51.0 Å². The van der Waals surface area contributed by atoms with Gasteiger partial charge in [-0.15, -0.1) is 0 Å². The number of aliphatic imine (C=N–C) groups is 1. The quantitative estimate of drug-likeness (QED) is 0.0436. The number of primary amides is 1. The molecule has 0 aromatic rings. The van der Waals surface area contributed by atoms with Crippen LogP contribution in [0.15, 0.2) is 4.99 Å². The summed E-state index contributed by atoms with van der Waals surface area (Å²) >= 11 is 0. The molecule has 0 bridgehead atoms. The lowest BCUT2D eigenvalue weighted by molar-refractivity contribution is -0.142. The first-order valence-electron chi connectivity index (χ1n) is 12.7. The van der Waals surface area contributed by atoms with E-state index in [4.69, 9.17) is 28.7 Å². The van der Waals surface area contributed by atoms with Crippen LogP contribution in [0, 0.1) is 5.92 Å². The molecule has 0 aliphatic rings. The van der Waals surface area contributed by atoms with Crippen LogP contribution in [-0.2, 0) is 24.0 Å². The summed E-state index contributed by atoms with van der Waals surface area (Å²) in [5.41, 5.74) is 27.1. The molecule has 4 amide bonds. The van der Waals surface area contributed by atoms with E-state index in [1.807, 2.05) is 13.8 Å². The Bertz CT molecular complexity index is 817. The summed E-state index contributed by atoms with van der Waals surface area (Å²) in [4.78, 5) is 65.4. The van der Waals surface area contributed by atoms with Gasteiger partial charge < -0.3 is 49.7 Å². The van der Waals surface area contributed by atoms with Crippen molar-refractivity contribution in [2.45, 2.75) is 89.4 Å². The zero-order valence-corrected chi connectivity index (χ0v) is 22.3. The minimum Gasteiger partial charge on any atom is -0.480 e. The van der Waals surface area contributed by atoms with Crippen molar-refractivity contribution in [3.63, 3.8) is 0 Å². The second-order valence-corrected chi connectivity index (χ2v) is 9.50. The number of rotatable bonds is 20. The van der Waals surface area contributed by atoms with Gasteiger partial charge in [0.25, 0.3) is 0 Å². The molecule has 218 valence electrons. The molecule has 0 saturated carbocycles. The maximum absolute atomic E-state index is 13.1. The van der Waals surface area contributed by atoms with Crippen molar-refractivity contribution in [2.24, 2.45) is 39.6 Å². The minimum absolute atomic E-state index is 0.0502. The van der Waals surface area contributed by atoms with Crippen molar-refractivity contribution in [1.82, 2.24) is 16.0 Å². The van der Waals surface area contributed by atoms with E-state index >= 15 is 0 Å². The van der Waals surface area contributed by atoms with E-state index in [9.17, 15) is 29.1 Å². The molecule has 0 heterocycles. The summed E-state index contributed by atoms with van der Waals surface area (Å²) in [6.45, 7) is 4.28. The van der Waals surface area contributed by atoms with Crippen molar-refractivity contribution < 1.29 is 29.1 Å². The van der Waals surface area contributed by atoms with E-state index in [1.54, 1.807) is 0 Å². The largest absolute Gasteiger partial charge is 0.480 e. The lowest BCUT2D eigenvalue weighted by Gasteiger charge is -2.26. The molecule has 0 saturated heterocycles. The molecule has 0 aromatic carbocycles. The molecule has 14 N–H and O–H groups in total. The van der Waals surface area contributed by atoms with Gasteiger partial charge >= 0.3 is 5.97 Å². The molecule has 0 fully saturated rings. The summed E-state index contributed by atoms with van der Waals surface area (Å²) in [5.74, 6) is -4.14. The fraction of sp³-hybridized carbons (Fsp3) is 0.739. The van der Waals surface area contributed by atoms with E-state index in [0.29, 0.717) is 32.2 Å². The second kappa shape index (κ2) is 18.7. The van der Waals surface area contributed by atoms with Crippen molar-refractivity contribution in [1.29, 1.82) is 0 Å². The number of hydrogen-bond donors (Lipinski definition) is 9. The molecule has 38 heavy (non-hydrogen) atoms. The van der Waals surface area contributed by atoms with Crippen molar-refractivity contribution >= 4 is 35.6 Å². The Morgan fingerprint density at radius 1 is 0.789 bits per heavy atom. The molecule has 0 aromatic heterocycles. The molecule has 0 aliphatic heterocycles. The van der Waals surface area contributed by atoms with Crippen LogP contribution in [0.25, 0.3) is 0 Å². The van der Waals surface area contributed by atoms with Crippen LogP contribution in [0.2, 0.25) is 0 Å². The number of carboxylic acids is 1. The highest BCUT2D eigenvalue weighted by Gasteiger charge is 2.30. The third-order valence-corrected chi connectivity index (χ3v) is 5.52. The SMILES string of the molecule is CC(C)CC(NC(=O)C(CCC(N)=O)NC(=O)C(N)CCCCN)C(=O)NC(CCCN=C(N)N)C(=O)O. The number of nitrogens with zero attached hydrogens (tertiary/aromatic N) is 1. The van der Waals surface area contributed by atoms with Gasteiger partial charge in [0.2, 0.25) is 23.6 Å². The van der Waals surface area contributed by atoms with Crippen LogP contribution in [-0.4, -0.2) is 77.9 Å². The average Bonchev–Trinajstić information content (AvgIpc) is 2.82. The zero-order chi connectivity index (χ0) is 29.3. The topological polar surface area (TPSA) is 284 Å². The Hall–Kier alpha value is -3.46. The smallest absolute Gasteiger partial charge is 0.326 e. The molecule has 15 nitrogen and oxygen atoms in total. The number of guanidine groups is 1. The minimum atomic E-state index is -1.26. The highest BCUT2D eigenvalue weighted by Crippen LogP contribution is 2.09. The number of nitrogens with one attached hydrogen (secondary N) is 3. The number of aliphatic carboxylic acids is 1. The van der Waals surface area contributed by atoms with Gasteiger partial charge in [-0.1, -0.05) is 20.3 Å². The Kier molecular flexibility index (Phi) is 17.0. The highest BCUT2D eigenvalue weighted by atomic mass is 16.4. The Balaban J connectivity index is 5.49. The summed E-state index contributed by atoms with van der Waals surface area (Å²) in [6, 6.07) is -4.42. The number of nitrogens with two attached hydrogens (primary N) is 5. The van der Waals surface area contributed by atoms with Crippen LogP contribution in [0.3, 0.4) is 0 Å². The van der Waals surface area contributed by atoms with Gasteiger partial charge in [-0.3, -0.25) is 24.2 Å². The Labute approximate surface area is 223 Å². The van der Waals surface area contributed by atoms with Crippen molar-refractivity contribution in [3.8, 4) is 0 Å². The van der Waals surface area contributed by atoms with Crippen molar-refractivity contribution in [3.05, 3.63) is 0 Å². The maximum Gasteiger partial charge on any atom is 0.326 e. The molecular weight excluding hydrogens is 498 g/mol. The van der Waals surface area contributed by atoms with E-state index < -0.39 is 53.8 Å². The summed E-state index contributed by atoms with van der Waals surface area (Å²) < 4.78 is 0. The number of unbranched alkanes of at least 4 members (excludes halogenated alkanes) is 1. The lowest BCUT2D eigenvalue weighted by Crippen LogP contribution is -2.57. The molecule has 4 atom stereocenters. The first-order valence-corrected chi connectivity index (χ1v) is 12.7. The van der Waals surface area contributed by atoms with Crippen LogP contribution in [0.4, 0.5) is 0 Å². The van der Waals surface area contributed by atoms with Crippen LogP contribution in [0.1, 0.15) is 65.2 Å². The predicted molar refractivity (Wildman–Crippen MR) is 142 cm³/mol. The number of carboxylic acid groups (broad SMARTS) is 1. The predicted octanol–water partition coefficient (Wildman–Crippen LogP) is -2.65. The van der Waals surface area contributed by atoms with E-state index in [1.165, 1.54) is 0 Å². The number of hydrogen-bond acceptors (Lipinski definition) is 8. The van der Waals surface area contributed by atoms with Gasteiger partial charge in [-0.25, -0.2) is 4.79 Å². The monoisotopic (exact) mass is 543 g/mol. The molecule has 15 heteroatoms. The van der Waals surface area contributed by atoms with Crippen LogP contribution < -0.4 is 44.6 Å². The highest BCUT2D eigenvalue weighted by molar-refractivity contribution is 5.94. The molecule has 0 rings (SSSR count). The molecule has 4 unspecified atom stereocenters. The third kappa shape index (κ3) is 15.6. The summed E-state index contributed by atoms with van der Waals surface area (Å²) in [6.07, 6.45) is 1.89. The van der Waals surface area contributed by atoms with Gasteiger partial charge in [0.1, 0.15) is 18.1 Å². The molecular formula is C23H45N9O6. The van der Waals surface area contributed by atoms with Gasteiger partial charge in [0, 0.05) is 13.0 Å². The van der Waals surface area contributed by atoms with Gasteiger partial charge in [-0.2, -0.15) is 0 Å². The number of carbonyl (C=O) groups is 5. The van der Waals surface area contributed by atoms with Crippen LogP contribution in [0.5, 0.6) is 0 Å². The third-order valence-electron chi connectivity index (χ3n) is 5.52. The maximum atomic E-state index is 13.1.